The smallest absolute Gasteiger partial charge is 0.265 e. The molecule has 0 spiro atoms. The van der Waals surface area contributed by atoms with Crippen molar-refractivity contribution in [3.05, 3.63) is 42.0 Å². The molecule has 2 aromatic rings. The fourth-order valence-corrected chi connectivity index (χ4v) is 6.04. The standard InChI is InChI=1S/C24H29N3O6S/c1-4-20-24(29)26-19-11-15(2)22(13-21(19)33-20)34(30,31)27-10-6-7-16(14-27)23(28)25-17-8-5-9-18(12-17)32-3/h5,8-9,11-13,16,20H,4,6-7,10,14H2,1-3H3,(H,25,28)(H,26,29)/t16-,20+/m1/s1. The van der Waals surface area contributed by atoms with Gasteiger partial charge in [0, 0.05) is 30.9 Å². The van der Waals surface area contributed by atoms with E-state index in [1.54, 1.807) is 44.4 Å². The Labute approximate surface area is 199 Å². The van der Waals surface area contributed by atoms with Gasteiger partial charge in [0.05, 0.1) is 23.6 Å². The van der Waals surface area contributed by atoms with Gasteiger partial charge in [-0.3, -0.25) is 9.59 Å². The summed E-state index contributed by atoms with van der Waals surface area (Å²) in [5.41, 5.74) is 1.56. The van der Waals surface area contributed by atoms with Gasteiger partial charge in [0.2, 0.25) is 15.9 Å². The van der Waals surface area contributed by atoms with E-state index in [9.17, 15) is 18.0 Å². The lowest BCUT2D eigenvalue weighted by Gasteiger charge is -2.32. The van der Waals surface area contributed by atoms with Crippen LogP contribution < -0.4 is 20.1 Å². The fraction of sp³-hybridized carbons (Fsp3) is 0.417. The third-order valence-corrected chi connectivity index (χ3v) is 8.18. The van der Waals surface area contributed by atoms with Crippen molar-refractivity contribution in [1.29, 1.82) is 0 Å². The maximum atomic E-state index is 13.6. The second kappa shape index (κ2) is 9.63. The van der Waals surface area contributed by atoms with Crippen molar-refractivity contribution in [2.75, 3.05) is 30.8 Å². The van der Waals surface area contributed by atoms with Crippen LogP contribution >= 0.6 is 0 Å². The lowest BCUT2D eigenvalue weighted by Crippen LogP contribution is -2.44. The Morgan fingerprint density at radius 2 is 2.09 bits per heavy atom. The van der Waals surface area contributed by atoms with E-state index in [1.165, 1.54) is 10.4 Å². The van der Waals surface area contributed by atoms with Crippen LogP contribution in [0, 0.1) is 12.8 Å². The van der Waals surface area contributed by atoms with E-state index in [1.807, 2.05) is 6.92 Å². The summed E-state index contributed by atoms with van der Waals surface area (Å²) in [5.74, 6) is 0.00273. The molecule has 0 radical (unpaired) electrons. The predicted octanol–water partition coefficient (Wildman–Crippen LogP) is 3.15. The van der Waals surface area contributed by atoms with Gasteiger partial charge in [-0.1, -0.05) is 13.0 Å². The lowest BCUT2D eigenvalue weighted by atomic mass is 9.98. The Kier molecular flexibility index (Phi) is 6.81. The fourth-order valence-electron chi connectivity index (χ4n) is 4.29. The van der Waals surface area contributed by atoms with Crippen LogP contribution in [-0.4, -0.2) is 50.8 Å². The molecule has 2 aliphatic heterocycles. The number of methoxy groups -OCH3 is 1. The number of fused-ring (bicyclic) bond motifs is 1. The van der Waals surface area contributed by atoms with E-state index < -0.39 is 22.0 Å². The van der Waals surface area contributed by atoms with E-state index in [0.717, 1.165) is 0 Å². The van der Waals surface area contributed by atoms with Crippen LogP contribution in [0.3, 0.4) is 0 Å². The molecule has 4 rings (SSSR count). The molecule has 0 aromatic heterocycles. The number of ether oxygens (including phenoxy) is 2. The van der Waals surface area contributed by atoms with Gasteiger partial charge >= 0.3 is 0 Å². The van der Waals surface area contributed by atoms with Crippen LogP contribution in [0.2, 0.25) is 0 Å². The van der Waals surface area contributed by atoms with Crippen molar-refractivity contribution in [1.82, 2.24) is 4.31 Å². The first-order valence-corrected chi connectivity index (χ1v) is 12.7. The molecule has 1 fully saturated rings. The number of rotatable bonds is 6. The highest BCUT2D eigenvalue weighted by molar-refractivity contribution is 7.89. The molecule has 2 atom stereocenters. The lowest BCUT2D eigenvalue weighted by molar-refractivity contribution is -0.123. The summed E-state index contributed by atoms with van der Waals surface area (Å²) in [7, 11) is -2.32. The summed E-state index contributed by atoms with van der Waals surface area (Å²) in [4.78, 5) is 25.1. The quantitative estimate of drug-likeness (QED) is 0.647. The number of nitrogens with one attached hydrogen (secondary N) is 2. The molecule has 182 valence electrons. The van der Waals surface area contributed by atoms with Gasteiger partial charge < -0.3 is 20.1 Å². The number of amides is 2. The molecule has 0 unspecified atom stereocenters. The highest BCUT2D eigenvalue weighted by Gasteiger charge is 2.36. The second-order valence-electron chi connectivity index (χ2n) is 8.54. The molecule has 10 heteroatoms. The normalized spacial score (nSPS) is 20.6. The monoisotopic (exact) mass is 487 g/mol. The molecule has 0 aliphatic carbocycles. The molecule has 2 aliphatic rings. The summed E-state index contributed by atoms with van der Waals surface area (Å²) in [5, 5.41) is 5.64. The summed E-state index contributed by atoms with van der Waals surface area (Å²) < 4.78 is 39.4. The molecular weight excluding hydrogens is 458 g/mol. The topological polar surface area (TPSA) is 114 Å². The molecule has 34 heavy (non-hydrogen) atoms. The molecule has 2 heterocycles. The summed E-state index contributed by atoms with van der Waals surface area (Å²) in [6, 6.07) is 10.1. The number of piperidine rings is 1. The molecule has 9 nitrogen and oxygen atoms in total. The van der Waals surface area contributed by atoms with Crippen LogP contribution in [0.1, 0.15) is 31.7 Å². The summed E-state index contributed by atoms with van der Waals surface area (Å²) in [6.45, 7) is 3.93. The Bertz CT molecular complexity index is 1210. The first-order valence-electron chi connectivity index (χ1n) is 11.3. The molecule has 2 N–H and O–H groups in total. The molecule has 2 aromatic carbocycles. The average molecular weight is 488 g/mol. The van der Waals surface area contributed by atoms with E-state index in [4.69, 9.17) is 9.47 Å². The molecule has 0 saturated carbocycles. The Morgan fingerprint density at radius 3 is 2.82 bits per heavy atom. The number of benzene rings is 2. The number of sulfonamides is 1. The number of nitrogens with zero attached hydrogens (tertiary/aromatic N) is 1. The maximum Gasteiger partial charge on any atom is 0.265 e. The maximum absolute atomic E-state index is 13.6. The highest BCUT2D eigenvalue weighted by atomic mass is 32.2. The minimum atomic E-state index is -3.87. The van der Waals surface area contributed by atoms with Crippen molar-refractivity contribution < 1.29 is 27.5 Å². The van der Waals surface area contributed by atoms with Gasteiger partial charge in [0.25, 0.3) is 5.91 Å². The van der Waals surface area contributed by atoms with Gasteiger partial charge in [0.1, 0.15) is 11.5 Å². The van der Waals surface area contributed by atoms with Crippen LogP contribution in [-0.2, 0) is 19.6 Å². The van der Waals surface area contributed by atoms with Crippen molar-refractivity contribution >= 4 is 33.2 Å². The minimum absolute atomic E-state index is 0.0871. The van der Waals surface area contributed by atoms with Gasteiger partial charge in [-0.15, -0.1) is 0 Å². The van der Waals surface area contributed by atoms with Gasteiger partial charge in [-0.25, -0.2) is 8.42 Å². The van der Waals surface area contributed by atoms with Crippen molar-refractivity contribution in [3.8, 4) is 11.5 Å². The molecule has 1 saturated heterocycles. The third-order valence-electron chi connectivity index (χ3n) is 6.18. The number of carbonyl (C=O) groups excluding carboxylic acids is 2. The van der Waals surface area contributed by atoms with E-state index >= 15 is 0 Å². The average Bonchev–Trinajstić information content (AvgIpc) is 2.83. The highest BCUT2D eigenvalue weighted by Crippen LogP contribution is 2.36. The Hall–Kier alpha value is -3.11. The summed E-state index contributed by atoms with van der Waals surface area (Å²) in [6.07, 6.45) is 0.977. The number of carbonyl (C=O) groups is 2. The first-order chi connectivity index (χ1) is 16.2. The zero-order chi connectivity index (χ0) is 24.5. The molecule has 0 bridgehead atoms. The van der Waals surface area contributed by atoms with Crippen molar-refractivity contribution in [2.24, 2.45) is 5.92 Å². The number of hydrogen-bond donors (Lipinski definition) is 2. The zero-order valence-electron chi connectivity index (χ0n) is 19.5. The number of aryl methyl sites for hydroxylation is 1. The summed E-state index contributed by atoms with van der Waals surface area (Å²) >= 11 is 0. The molecular formula is C24H29N3O6S. The van der Waals surface area contributed by atoms with Gasteiger partial charge in [0.15, 0.2) is 6.10 Å². The largest absolute Gasteiger partial charge is 0.497 e. The number of hydrogen-bond acceptors (Lipinski definition) is 6. The van der Waals surface area contributed by atoms with Crippen LogP contribution in [0.15, 0.2) is 41.3 Å². The third kappa shape index (κ3) is 4.74. The zero-order valence-corrected chi connectivity index (χ0v) is 20.3. The van der Waals surface area contributed by atoms with E-state index in [-0.39, 0.29) is 23.3 Å². The van der Waals surface area contributed by atoms with Crippen molar-refractivity contribution in [3.63, 3.8) is 0 Å². The predicted molar refractivity (Wildman–Crippen MR) is 128 cm³/mol. The minimum Gasteiger partial charge on any atom is -0.497 e. The molecule has 2 amide bonds. The van der Waals surface area contributed by atoms with Gasteiger partial charge in [-0.05, 0) is 49.9 Å². The van der Waals surface area contributed by atoms with Crippen LogP contribution in [0.4, 0.5) is 11.4 Å². The van der Waals surface area contributed by atoms with E-state index in [0.29, 0.717) is 54.2 Å². The van der Waals surface area contributed by atoms with Gasteiger partial charge in [-0.2, -0.15) is 4.31 Å². The first kappa shape index (κ1) is 24.0. The van der Waals surface area contributed by atoms with Crippen molar-refractivity contribution in [2.45, 2.75) is 44.1 Å². The Morgan fingerprint density at radius 1 is 1.29 bits per heavy atom. The van der Waals surface area contributed by atoms with E-state index in [2.05, 4.69) is 10.6 Å². The number of anilines is 2. The second-order valence-corrected chi connectivity index (χ2v) is 10.4. The Balaban J connectivity index is 1.53. The van der Waals surface area contributed by atoms with Crippen LogP contribution in [0.25, 0.3) is 0 Å². The SMILES string of the molecule is CC[C@@H]1Oc2cc(S(=O)(=O)N3CCC[C@@H](C(=O)Nc4cccc(OC)c4)C3)c(C)cc2NC1=O. The van der Waals surface area contributed by atoms with Crippen LogP contribution in [0.5, 0.6) is 11.5 Å².